The lowest BCUT2D eigenvalue weighted by Gasteiger charge is -2.21. The first-order valence-electron chi connectivity index (χ1n) is 11.8. The first-order valence-corrected chi connectivity index (χ1v) is 11.8. The molecule has 0 saturated carbocycles. The maximum absolute atomic E-state index is 11.3. The summed E-state index contributed by atoms with van der Waals surface area (Å²) in [6.45, 7) is 9.14. The lowest BCUT2D eigenvalue weighted by Crippen LogP contribution is -2.37. The number of ether oxygens (including phenoxy) is 2. The van der Waals surface area contributed by atoms with Crippen molar-refractivity contribution in [2.45, 2.75) is 65.5 Å². The Morgan fingerprint density at radius 2 is 1.71 bits per heavy atom. The average molecular weight is 466 g/mol. The van der Waals surface area contributed by atoms with E-state index in [1.807, 2.05) is 35.9 Å². The van der Waals surface area contributed by atoms with Gasteiger partial charge in [0.05, 0.1) is 13.2 Å². The Bertz CT molecular complexity index is 1060. The molecule has 7 heteroatoms. The average Bonchev–Trinajstić information content (AvgIpc) is 3.17. The van der Waals surface area contributed by atoms with Crippen LogP contribution in [-0.4, -0.2) is 44.7 Å². The van der Waals surface area contributed by atoms with Crippen LogP contribution in [0.2, 0.25) is 0 Å². The molecule has 0 radical (unpaired) electrons. The quantitative estimate of drug-likeness (QED) is 0.370. The third kappa shape index (κ3) is 7.42. The fourth-order valence-electron chi connectivity index (χ4n) is 3.56. The molecule has 0 spiro atoms. The zero-order chi connectivity index (χ0) is 24.6. The van der Waals surface area contributed by atoms with Crippen molar-refractivity contribution in [3.05, 3.63) is 76.9 Å². The maximum Gasteiger partial charge on any atom is 0.347 e. The molecule has 0 unspecified atom stereocenters. The number of aromatic nitrogens is 3. The second-order valence-electron chi connectivity index (χ2n) is 8.94. The number of carboxylic acids is 1. The minimum Gasteiger partial charge on any atom is -0.478 e. The molecular formula is C27H35N3O4. The number of benzene rings is 2. The van der Waals surface area contributed by atoms with Crippen molar-refractivity contribution < 1.29 is 19.4 Å². The molecule has 3 aromatic rings. The molecule has 0 bridgehead atoms. The van der Waals surface area contributed by atoms with Gasteiger partial charge in [0.15, 0.2) is 11.4 Å². The zero-order valence-corrected chi connectivity index (χ0v) is 20.6. The predicted molar refractivity (Wildman–Crippen MR) is 131 cm³/mol. The lowest BCUT2D eigenvalue weighted by molar-refractivity contribution is -0.152. The maximum atomic E-state index is 11.3. The summed E-state index contributed by atoms with van der Waals surface area (Å²) >= 11 is 0. The Balaban J connectivity index is 1.60. The van der Waals surface area contributed by atoms with Gasteiger partial charge in [0.2, 0.25) is 0 Å². The van der Waals surface area contributed by atoms with E-state index in [1.54, 1.807) is 0 Å². The number of rotatable bonds is 13. The molecule has 0 aliphatic rings. The van der Waals surface area contributed by atoms with Crippen LogP contribution in [0.25, 0.3) is 0 Å². The summed E-state index contributed by atoms with van der Waals surface area (Å²) < 4.78 is 13.1. The van der Waals surface area contributed by atoms with Gasteiger partial charge in [-0.25, -0.2) is 14.5 Å². The van der Waals surface area contributed by atoms with Crippen LogP contribution in [0.4, 0.5) is 0 Å². The van der Waals surface area contributed by atoms with E-state index < -0.39 is 11.6 Å². The van der Waals surface area contributed by atoms with Crippen molar-refractivity contribution in [2.24, 2.45) is 0 Å². The molecule has 3 rings (SSSR count). The van der Waals surface area contributed by atoms with Gasteiger partial charge < -0.3 is 14.6 Å². The van der Waals surface area contributed by atoms with Gasteiger partial charge >= 0.3 is 5.97 Å². The fourth-order valence-corrected chi connectivity index (χ4v) is 3.56. The van der Waals surface area contributed by atoms with Crippen LogP contribution in [0.3, 0.4) is 0 Å². The van der Waals surface area contributed by atoms with E-state index in [2.05, 4.69) is 31.2 Å². The highest BCUT2D eigenvalue weighted by molar-refractivity contribution is 5.76. The number of aliphatic carboxylic acids is 1. The highest BCUT2D eigenvalue weighted by Crippen LogP contribution is 2.20. The number of hydrogen-bond acceptors (Lipinski definition) is 5. The van der Waals surface area contributed by atoms with Crippen molar-refractivity contribution in [3.63, 3.8) is 0 Å². The fraction of sp³-hybridized carbons (Fsp3) is 0.444. The van der Waals surface area contributed by atoms with Crippen LogP contribution in [0.15, 0.2) is 48.5 Å². The first-order chi connectivity index (χ1) is 16.3. The topological polar surface area (TPSA) is 86.5 Å². The Kier molecular flexibility index (Phi) is 8.82. The summed E-state index contributed by atoms with van der Waals surface area (Å²) in [7, 11) is 0. The van der Waals surface area contributed by atoms with Gasteiger partial charge in [0.25, 0.3) is 0 Å². The van der Waals surface area contributed by atoms with E-state index >= 15 is 0 Å². The molecule has 34 heavy (non-hydrogen) atoms. The molecule has 0 amide bonds. The SMILES string of the molecule is CCOCCn1nc(Cc2ccc(C)cc2)nc1CCCc1ccc(OC(C)(C)C(=O)O)cc1. The van der Waals surface area contributed by atoms with Crippen molar-refractivity contribution >= 4 is 5.97 Å². The highest BCUT2D eigenvalue weighted by atomic mass is 16.5. The van der Waals surface area contributed by atoms with Crippen LogP contribution in [0, 0.1) is 6.92 Å². The number of hydrogen-bond donors (Lipinski definition) is 1. The Morgan fingerprint density at radius 3 is 2.35 bits per heavy atom. The van der Waals surface area contributed by atoms with Crippen LogP contribution < -0.4 is 4.74 Å². The van der Waals surface area contributed by atoms with Gasteiger partial charge in [-0.05, 0) is 63.8 Å². The Hall–Kier alpha value is -3.19. The second-order valence-corrected chi connectivity index (χ2v) is 8.94. The van der Waals surface area contributed by atoms with E-state index in [1.165, 1.54) is 30.5 Å². The Labute approximate surface area is 201 Å². The molecule has 1 heterocycles. The van der Waals surface area contributed by atoms with Gasteiger partial charge in [0.1, 0.15) is 11.6 Å². The third-order valence-electron chi connectivity index (χ3n) is 5.60. The van der Waals surface area contributed by atoms with E-state index in [0.717, 1.165) is 30.9 Å². The molecule has 2 aromatic carbocycles. The normalized spacial score (nSPS) is 11.5. The molecule has 0 fully saturated rings. The Morgan fingerprint density at radius 1 is 1.03 bits per heavy atom. The number of carboxylic acid groups (broad SMARTS) is 1. The summed E-state index contributed by atoms with van der Waals surface area (Å²) in [6.07, 6.45) is 3.34. The van der Waals surface area contributed by atoms with Gasteiger partial charge in [-0.2, -0.15) is 5.10 Å². The summed E-state index contributed by atoms with van der Waals surface area (Å²) in [4.78, 5) is 16.1. The van der Waals surface area contributed by atoms with Gasteiger partial charge in [-0.1, -0.05) is 42.0 Å². The minimum absolute atomic E-state index is 0.549. The first kappa shape index (κ1) is 25.4. The molecule has 182 valence electrons. The van der Waals surface area contributed by atoms with E-state index in [-0.39, 0.29) is 0 Å². The van der Waals surface area contributed by atoms with Crippen LogP contribution >= 0.6 is 0 Å². The minimum atomic E-state index is -1.26. The third-order valence-corrected chi connectivity index (χ3v) is 5.60. The van der Waals surface area contributed by atoms with Crippen LogP contribution in [0.5, 0.6) is 5.75 Å². The summed E-state index contributed by atoms with van der Waals surface area (Å²) in [5.74, 6) is 1.36. The second kappa shape index (κ2) is 11.8. The largest absolute Gasteiger partial charge is 0.478 e. The summed E-state index contributed by atoms with van der Waals surface area (Å²) in [6, 6.07) is 16.1. The molecule has 1 aromatic heterocycles. The van der Waals surface area contributed by atoms with Crippen molar-refractivity contribution in [1.29, 1.82) is 0 Å². The van der Waals surface area contributed by atoms with Gasteiger partial charge in [-0.3, -0.25) is 0 Å². The molecule has 0 aliphatic carbocycles. The van der Waals surface area contributed by atoms with E-state index in [0.29, 0.717) is 31.9 Å². The molecule has 1 N–H and O–H groups in total. The number of carbonyl (C=O) groups is 1. The molecular weight excluding hydrogens is 430 g/mol. The summed E-state index contributed by atoms with van der Waals surface area (Å²) in [5.41, 5.74) is 2.35. The molecule has 0 saturated heterocycles. The monoisotopic (exact) mass is 465 g/mol. The zero-order valence-electron chi connectivity index (χ0n) is 20.6. The number of aryl methyl sites for hydroxylation is 3. The molecule has 0 aliphatic heterocycles. The van der Waals surface area contributed by atoms with Crippen LogP contribution in [-0.2, 0) is 35.3 Å². The van der Waals surface area contributed by atoms with Crippen molar-refractivity contribution in [2.75, 3.05) is 13.2 Å². The van der Waals surface area contributed by atoms with E-state index in [9.17, 15) is 9.90 Å². The van der Waals surface area contributed by atoms with Crippen LogP contribution in [0.1, 0.15) is 55.5 Å². The van der Waals surface area contributed by atoms with Gasteiger partial charge in [-0.15, -0.1) is 0 Å². The summed E-state index contributed by atoms with van der Waals surface area (Å²) in [5, 5.41) is 14.0. The molecule has 0 atom stereocenters. The number of nitrogens with zero attached hydrogens (tertiary/aromatic N) is 3. The molecule has 7 nitrogen and oxygen atoms in total. The lowest BCUT2D eigenvalue weighted by atomic mass is 10.1. The standard InChI is InChI=1S/C27H35N3O4/c1-5-33-18-17-30-25(28-24(29-30)19-22-11-9-20(2)10-12-22)8-6-7-21-13-15-23(16-14-21)34-27(3,4)26(31)32/h9-16H,5-8,17-19H2,1-4H3,(H,31,32). The predicted octanol–water partition coefficient (Wildman–Crippen LogP) is 4.63. The van der Waals surface area contributed by atoms with E-state index in [4.69, 9.17) is 19.6 Å². The highest BCUT2D eigenvalue weighted by Gasteiger charge is 2.29. The van der Waals surface area contributed by atoms with Crippen molar-refractivity contribution in [3.8, 4) is 5.75 Å². The van der Waals surface area contributed by atoms with Crippen molar-refractivity contribution in [1.82, 2.24) is 14.8 Å². The smallest absolute Gasteiger partial charge is 0.347 e. The van der Waals surface area contributed by atoms with Gasteiger partial charge in [0, 0.05) is 19.4 Å².